The molecule has 0 aromatic heterocycles. The van der Waals surface area contributed by atoms with Crippen LogP contribution in [0.4, 0.5) is 0 Å². The summed E-state index contributed by atoms with van der Waals surface area (Å²) in [6.07, 6.45) is 0.395. The third-order valence-electron chi connectivity index (χ3n) is 2.33. The van der Waals surface area contributed by atoms with Crippen molar-refractivity contribution < 1.29 is 20.1 Å². The van der Waals surface area contributed by atoms with Gasteiger partial charge in [-0.3, -0.25) is 0 Å². The van der Waals surface area contributed by atoms with Gasteiger partial charge in [0.25, 0.3) is 0 Å². The van der Waals surface area contributed by atoms with E-state index in [4.69, 9.17) is 5.11 Å². The summed E-state index contributed by atoms with van der Waals surface area (Å²) in [5.41, 5.74) is -1.11. The van der Waals surface area contributed by atoms with Crippen LogP contribution in [0.5, 0.6) is 5.75 Å². The van der Waals surface area contributed by atoms with E-state index >= 15 is 0 Å². The number of aliphatic carboxylic acids is 1. The summed E-state index contributed by atoms with van der Waals surface area (Å²) >= 11 is 0. The van der Waals surface area contributed by atoms with Gasteiger partial charge in [-0.1, -0.05) is 18.2 Å². The topological polar surface area (TPSA) is 77.8 Å². The monoisotopic (exact) mass is 210 g/mol. The normalized spacial score (nSPS) is 14.5. The van der Waals surface area contributed by atoms with Crippen molar-refractivity contribution in [1.82, 2.24) is 0 Å². The van der Waals surface area contributed by atoms with Gasteiger partial charge in [0.1, 0.15) is 5.75 Å². The molecule has 1 aromatic rings. The highest BCUT2D eigenvalue weighted by Crippen LogP contribution is 2.21. The molecular weight excluding hydrogens is 196 g/mol. The van der Waals surface area contributed by atoms with Crippen LogP contribution in [0.15, 0.2) is 24.3 Å². The van der Waals surface area contributed by atoms with Crippen LogP contribution in [-0.4, -0.2) is 26.9 Å². The maximum atomic E-state index is 10.6. The second-order valence-corrected chi connectivity index (χ2v) is 3.71. The van der Waals surface area contributed by atoms with Gasteiger partial charge < -0.3 is 15.3 Å². The highest BCUT2D eigenvalue weighted by atomic mass is 16.4. The Morgan fingerprint density at radius 2 is 2.00 bits per heavy atom. The zero-order chi connectivity index (χ0) is 11.5. The minimum absolute atomic E-state index is 0.0694. The van der Waals surface area contributed by atoms with E-state index in [-0.39, 0.29) is 12.2 Å². The van der Waals surface area contributed by atoms with Gasteiger partial charge in [-0.05, 0) is 31.4 Å². The standard InChI is InChI=1S/C11H14O4/c1-11(15,10(13)14)7-6-8-4-2-3-5-9(8)12/h2-5,12,15H,6-7H2,1H3,(H,13,14). The molecule has 4 nitrogen and oxygen atoms in total. The van der Waals surface area contributed by atoms with Gasteiger partial charge in [-0.2, -0.15) is 0 Å². The molecule has 0 heterocycles. The Balaban J connectivity index is 2.66. The molecule has 0 bridgehead atoms. The Hall–Kier alpha value is -1.55. The molecule has 1 rings (SSSR count). The number of rotatable bonds is 4. The maximum Gasteiger partial charge on any atom is 0.335 e. The van der Waals surface area contributed by atoms with Gasteiger partial charge in [-0.15, -0.1) is 0 Å². The second-order valence-electron chi connectivity index (χ2n) is 3.71. The van der Waals surface area contributed by atoms with E-state index in [1.807, 2.05) is 0 Å². The molecule has 15 heavy (non-hydrogen) atoms. The Bertz CT molecular complexity index is 357. The highest BCUT2D eigenvalue weighted by Gasteiger charge is 2.29. The number of aromatic hydroxyl groups is 1. The molecule has 0 amide bonds. The molecule has 0 aliphatic carbocycles. The van der Waals surface area contributed by atoms with Crippen LogP contribution in [0.3, 0.4) is 0 Å². The predicted octanol–water partition coefficient (Wildman–Crippen LogP) is 1.16. The molecular formula is C11H14O4. The summed E-state index contributed by atoms with van der Waals surface area (Å²) < 4.78 is 0. The van der Waals surface area contributed by atoms with Crippen molar-refractivity contribution in [3.8, 4) is 5.75 Å². The predicted molar refractivity (Wildman–Crippen MR) is 54.7 cm³/mol. The fourth-order valence-corrected chi connectivity index (χ4v) is 1.21. The first-order valence-corrected chi connectivity index (χ1v) is 4.66. The Morgan fingerprint density at radius 1 is 1.40 bits per heavy atom. The second kappa shape index (κ2) is 4.31. The van der Waals surface area contributed by atoms with Crippen molar-refractivity contribution in [3.63, 3.8) is 0 Å². The van der Waals surface area contributed by atoms with Gasteiger partial charge >= 0.3 is 5.97 Å². The zero-order valence-electron chi connectivity index (χ0n) is 8.47. The van der Waals surface area contributed by atoms with Crippen molar-refractivity contribution in [2.24, 2.45) is 0 Å². The van der Waals surface area contributed by atoms with Crippen molar-refractivity contribution in [2.45, 2.75) is 25.4 Å². The van der Waals surface area contributed by atoms with E-state index in [9.17, 15) is 15.0 Å². The van der Waals surface area contributed by atoms with Crippen LogP contribution in [0.2, 0.25) is 0 Å². The number of aliphatic hydroxyl groups is 1. The summed E-state index contributed by atoms with van der Waals surface area (Å²) in [6, 6.07) is 6.68. The lowest BCUT2D eigenvalue weighted by Gasteiger charge is -2.17. The minimum Gasteiger partial charge on any atom is -0.508 e. The van der Waals surface area contributed by atoms with Crippen LogP contribution in [0.25, 0.3) is 0 Å². The number of phenolic OH excluding ortho intramolecular Hbond substituents is 1. The summed E-state index contributed by atoms with van der Waals surface area (Å²) in [7, 11) is 0. The molecule has 1 aromatic carbocycles. The number of carbonyl (C=O) groups is 1. The SMILES string of the molecule is CC(O)(CCc1ccccc1O)C(=O)O. The van der Waals surface area contributed by atoms with E-state index in [0.717, 1.165) is 0 Å². The summed E-state index contributed by atoms with van der Waals surface area (Å²) in [6.45, 7) is 1.25. The summed E-state index contributed by atoms with van der Waals surface area (Å²) in [4.78, 5) is 10.6. The lowest BCUT2D eigenvalue weighted by Crippen LogP contribution is -2.35. The van der Waals surface area contributed by atoms with E-state index < -0.39 is 11.6 Å². The van der Waals surface area contributed by atoms with Gasteiger partial charge in [-0.25, -0.2) is 4.79 Å². The minimum atomic E-state index is -1.75. The van der Waals surface area contributed by atoms with Crippen LogP contribution in [-0.2, 0) is 11.2 Å². The highest BCUT2D eigenvalue weighted by molar-refractivity contribution is 5.76. The molecule has 0 fully saturated rings. The van der Waals surface area contributed by atoms with Gasteiger partial charge in [0.2, 0.25) is 0 Å². The molecule has 4 heteroatoms. The number of hydrogen-bond acceptors (Lipinski definition) is 3. The van der Waals surface area contributed by atoms with Crippen LogP contribution >= 0.6 is 0 Å². The quantitative estimate of drug-likeness (QED) is 0.696. The lowest BCUT2D eigenvalue weighted by atomic mass is 9.97. The average molecular weight is 210 g/mol. The Kier molecular flexibility index (Phi) is 3.31. The fraction of sp³-hybridized carbons (Fsp3) is 0.364. The van der Waals surface area contributed by atoms with Crippen LogP contribution in [0.1, 0.15) is 18.9 Å². The van der Waals surface area contributed by atoms with Crippen molar-refractivity contribution in [1.29, 1.82) is 0 Å². The molecule has 3 N–H and O–H groups in total. The van der Waals surface area contributed by atoms with Crippen LogP contribution < -0.4 is 0 Å². The molecule has 0 aliphatic heterocycles. The summed E-state index contributed by atoms with van der Waals surface area (Å²) in [5.74, 6) is -1.13. The largest absolute Gasteiger partial charge is 0.508 e. The van der Waals surface area contributed by atoms with Crippen molar-refractivity contribution in [3.05, 3.63) is 29.8 Å². The Labute approximate surface area is 87.8 Å². The van der Waals surface area contributed by atoms with Crippen molar-refractivity contribution >= 4 is 5.97 Å². The molecule has 0 radical (unpaired) electrons. The van der Waals surface area contributed by atoms with Crippen LogP contribution in [0, 0.1) is 0 Å². The molecule has 0 saturated heterocycles. The number of benzene rings is 1. The maximum absolute atomic E-state index is 10.6. The number of carboxylic acids is 1. The van der Waals surface area contributed by atoms with Gasteiger partial charge in [0, 0.05) is 0 Å². The van der Waals surface area contributed by atoms with E-state index in [0.29, 0.717) is 12.0 Å². The molecule has 1 atom stereocenters. The lowest BCUT2D eigenvalue weighted by molar-refractivity contribution is -0.157. The van der Waals surface area contributed by atoms with E-state index in [1.165, 1.54) is 13.0 Å². The summed E-state index contributed by atoms with van der Waals surface area (Å²) in [5, 5.41) is 27.6. The van der Waals surface area contributed by atoms with E-state index in [2.05, 4.69) is 0 Å². The third kappa shape index (κ3) is 2.95. The third-order valence-corrected chi connectivity index (χ3v) is 2.33. The first kappa shape index (κ1) is 11.5. The first-order valence-electron chi connectivity index (χ1n) is 4.66. The fourth-order valence-electron chi connectivity index (χ4n) is 1.21. The number of hydrogen-bond donors (Lipinski definition) is 3. The number of carboxylic acid groups (broad SMARTS) is 1. The Morgan fingerprint density at radius 3 is 2.53 bits per heavy atom. The first-order chi connectivity index (χ1) is 6.93. The van der Waals surface area contributed by atoms with Gasteiger partial charge in [0.05, 0.1) is 0 Å². The van der Waals surface area contributed by atoms with E-state index in [1.54, 1.807) is 18.2 Å². The smallest absolute Gasteiger partial charge is 0.335 e. The molecule has 82 valence electrons. The average Bonchev–Trinajstić information content (AvgIpc) is 2.16. The molecule has 1 unspecified atom stereocenters. The number of aryl methyl sites for hydroxylation is 1. The van der Waals surface area contributed by atoms with Gasteiger partial charge in [0.15, 0.2) is 5.60 Å². The van der Waals surface area contributed by atoms with Crippen molar-refractivity contribution in [2.75, 3.05) is 0 Å². The molecule has 0 spiro atoms. The number of phenols is 1. The zero-order valence-corrected chi connectivity index (χ0v) is 8.47. The molecule has 0 saturated carbocycles. The molecule has 0 aliphatic rings. The number of para-hydroxylation sites is 1.